The zero-order valence-electron chi connectivity index (χ0n) is 25.1. The maximum absolute atomic E-state index is 13.6. The molecule has 2 N–H and O–H groups in total. The van der Waals surface area contributed by atoms with E-state index in [1.165, 1.54) is 18.4 Å². The van der Waals surface area contributed by atoms with Gasteiger partial charge in [-0.1, -0.05) is 67.6 Å². The van der Waals surface area contributed by atoms with Crippen LogP contribution in [0.4, 0.5) is 5.69 Å². The third kappa shape index (κ3) is 7.29. The number of anilines is 1. The number of aromatic nitrogens is 2. The molecule has 0 aliphatic heterocycles. The molecule has 1 aliphatic rings. The number of amides is 1. The fourth-order valence-electron chi connectivity index (χ4n) is 5.34. The summed E-state index contributed by atoms with van der Waals surface area (Å²) in [5, 5.41) is 11.5. The number of aryl methyl sites for hydroxylation is 2. The van der Waals surface area contributed by atoms with Gasteiger partial charge in [0.1, 0.15) is 18.1 Å². The monoisotopic (exact) mass is 648 g/mol. The highest BCUT2D eigenvalue weighted by Crippen LogP contribution is 2.34. The summed E-state index contributed by atoms with van der Waals surface area (Å²) < 4.78 is 8.75. The Balaban J connectivity index is 1.23. The number of carbonyl (C=O) groups excluding carboxylic acids is 1. The third-order valence-electron chi connectivity index (χ3n) is 7.94. The average molecular weight is 650 g/mol. The second-order valence-electron chi connectivity index (χ2n) is 11.4. The van der Waals surface area contributed by atoms with Crippen LogP contribution in [0.1, 0.15) is 64.2 Å². The zero-order valence-corrected chi connectivity index (χ0v) is 26.7. The number of hydrogen-bond donors (Lipinski definition) is 2. The number of rotatable bonds is 12. The minimum absolute atomic E-state index is 0.0449. The first-order chi connectivity index (χ1) is 21.5. The van der Waals surface area contributed by atoms with Crippen LogP contribution < -0.4 is 15.4 Å². The van der Waals surface area contributed by atoms with Crippen molar-refractivity contribution in [2.45, 2.75) is 45.8 Å². The Morgan fingerprint density at radius 1 is 0.932 bits per heavy atom. The van der Waals surface area contributed by atoms with Crippen LogP contribution in [0.5, 0.6) is 5.75 Å². The maximum Gasteiger partial charge on any atom is 0.274 e. The Hall–Kier alpha value is -4.20. The molecule has 44 heavy (non-hydrogen) atoms. The normalized spacial score (nSPS) is 13.4. The molecule has 1 aliphatic carbocycles. The molecule has 1 aromatic heterocycles. The minimum Gasteiger partial charge on any atom is -0.488 e. The van der Waals surface area contributed by atoms with Gasteiger partial charge in [0.2, 0.25) is 0 Å². The fraction of sp³-hybridized carbons (Fsp3) is 0.243. The molecule has 7 heteroatoms. The predicted molar refractivity (Wildman–Crippen MR) is 180 cm³/mol. The molecule has 1 fully saturated rings. The van der Waals surface area contributed by atoms with Crippen LogP contribution in [-0.2, 0) is 13.0 Å². The molecule has 1 heterocycles. The van der Waals surface area contributed by atoms with Gasteiger partial charge in [-0.2, -0.15) is 5.10 Å². The van der Waals surface area contributed by atoms with E-state index in [0.29, 0.717) is 18.2 Å². The minimum atomic E-state index is -0.199. The number of halogens is 1. The van der Waals surface area contributed by atoms with Crippen LogP contribution in [-0.4, -0.2) is 22.2 Å². The van der Waals surface area contributed by atoms with Crippen LogP contribution in [0.3, 0.4) is 0 Å². The lowest BCUT2D eigenvalue weighted by Crippen LogP contribution is -2.25. The summed E-state index contributed by atoms with van der Waals surface area (Å²) in [4.78, 5) is 13.6. The lowest BCUT2D eigenvalue weighted by Gasteiger charge is -2.22. The van der Waals surface area contributed by atoms with Crippen molar-refractivity contribution >= 4 is 27.5 Å². The number of nitrogens with zero attached hydrogens (tertiary/aromatic N) is 2. The van der Waals surface area contributed by atoms with E-state index in [2.05, 4.69) is 87.1 Å². The summed E-state index contributed by atoms with van der Waals surface area (Å²) in [6.45, 7) is 5.48. The van der Waals surface area contributed by atoms with Crippen molar-refractivity contribution in [3.8, 4) is 11.4 Å². The van der Waals surface area contributed by atoms with Gasteiger partial charge >= 0.3 is 0 Å². The van der Waals surface area contributed by atoms with Crippen LogP contribution in [0.15, 0.2) is 108 Å². The predicted octanol–water partition coefficient (Wildman–Crippen LogP) is 8.43. The molecule has 0 bridgehead atoms. The van der Waals surface area contributed by atoms with Gasteiger partial charge in [0.15, 0.2) is 0 Å². The van der Waals surface area contributed by atoms with Crippen LogP contribution in [0, 0.1) is 12.8 Å². The summed E-state index contributed by atoms with van der Waals surface area (Å²) in [7, 11) is 0. The van der Waals surface area contributed by atoms with Gasteiger partial charge in [0.25, 0.3) is 5.91 Å². The van der Waals surface area contributed by atoms with E-state index in [9.17, 15) is 4.79 Å². The van der Waals surface area contributed by atoms with Crippen LogP contribution >= 0.6 is 15.9 Å². The summed E-state index contributed by atoms with van der Waals surface area (Å²) in [6.07, 6.45) is 3.44. The molecule has 1 unspecified atom stereocenters. The first-order valence-electron chi connectivity index (χ1n) is 15.2. The van der Waals surface area contributed by atoms with Gasteiger partial charge < -0.3 is 15.4 Å². The van der Waals surface area contributed by atoms with Crippen molar-refractivity contribution in [2.24, 2.45) is 5.92 Å². The Morgan fingerprint density at radius 2 is 1.70 bits per heavy atom. The lowest BCUT2D eigenvalue weighted by atomic mass is 9.97. The summed E-state index contributed by atoms with van der Waals surface area (Å²) in [5.74, 6) is 1.32. The van der Waals surface area contributed by atoms with Crippen molar-refractivity contribution in [1.82, 2.24) is 15.1 Å². The number of nitrogens with one attached hydrogen (secondary N) is 2. The molecule has 4 aromatic carbocycles. The molecule has 6 nitrogen and oxygen atoms in total. The molecule has 1 saturated carbocycles. The lowest BCUT2D eigenvalue weighted by molar-refractivity contribution is 0.101. The number of benzene rings is 4. The molecule has 224 valence electrons. The highest BCUT2D eigenvalue weighted by atomic mass is 79.9. The average Bonchev–Trinajstić information content (AvgIpc) is 3.79. The van der Waals surface area contributed by atoms with Gasteiger partial charge in [-0.25, -0.2) is 4.68 Å². The fourth-order valence-corrected chi connectivity index (χ4v) is 5.85. The Morgan fingerprint density at radius 3 is 2.48 bits per heavy atom. The highest BCUT2D eigenvalue weighted by Gasteiger charge is 2.24. The molecule has 0 radical (unpaired) electrons. The van der Waals surface area contributed by atoms with Crippen molar-refractivity contribution in [3.05, 3.63) is 141 Å². The molecule has 1 atom stereocenters. The smallest absolute Gasteiger partial charge is 0.274 e. The topological polar surface area (TPSA) is 68.2 Å². The maximum atomic E-state index is 13.6. The van der Waals surface area contributed by atoms with E-state index in [1.54, 1.807) is 4.68 Å². The van der Waals surface area contributed by atoms with E-state index < -0.39 is 0 Å². The van der Waals surface area contributed by atoms with E-state index in [-0.39, 0.29) is 11.9 Å². The van der Waals surface area contributed by atoms with Gasteiger partial charge in [0, 0.05) is 5.69 Å². The zero-order chi connectivity index (χ0) is 30.5. The first kappa shape index (κ1) is 29.9. The van der Waals surface area contributed by atoms with Gasteiger partial charge in [0.05, 0.1) is 21.9 Å². The largest absolute Gasteiger partial charge is 0.488 e. The molecule has 0 spiro atoms. The molecule has 6 rings (SSSR count). The van der Waals surface area contributed by atoms with Crippen LogP contribution in [0.2, 0.25) is 0 Å². The molecular weight excluding hydrogens is 612 g/mol. The summed E-state index contributed by atoms with van der Waals surface area (Å²) in [5.41, 5.74) is 7.42. The highest BCUT2D eigenvalue weighted by molar-refractivity contribution is 9.10. The van der Waals surface area contributed by atoms with Gasteiger partial charge in [-0.05, 0) is 119 Å². The number of ether oxygens (including phenoxy) is 1. The Kier molecular flexibility index (Phi) is 9.24. The molecule has 0 saturated heterocycles. The summed E-state index contributed by atoms with van der Waals surface area (Å²) >= 11 is 3.75. The van der Waals surface area contributed by atoms with E-state index in [1.807, 2.05) is 61.5 Å². The first-order valence-corrected chi connectivity index (χ1v) is 16.0. The molecule has 5 aromatic rings. The van der Waals surface area contributed by atoms with Gasteiger partial charge in [-0.15, -0.1) is 0 Å². The molecular formula is C37H37BrN4O2. The second-order valence-corrected chi connectivity index (χ2v) is 12.3. The number of carbonyl (C=O) groups is 1. The third-order valence-corrected chi connectivity index (χ3v) is 8.56. The summed E-state index contributed by atoms with van der Waals surface area (Å²) in [6, 6.07) is 34.5. The van der Waals surface area contributed by atoms with E-state index in [4.69, 9.17) is 4.74 Å². The van der Waals surface area contributed by atoms with Crippen molar-refractivity contribution in [2.75, 3.05) is 11.9 Å². The van der Waals surface area contributed by atoms with Crippen molar-refractivity contribution in [3.63, 3.8) is 0 Å². The van der Waals surface area contributed by atoms with Crippen molar-refractivity contribution in [1.29, 1.82) is 0 Å². The SMILES string of the molecule is CCc1cccc(-n2nc(C)cc2C(=O)Nc2cccc(C(NCC3CC3)c3ccc(OCc4ccccc4)c(Br)c3)c2)c1. The second kappa shape index (κ2) is 13.6. The standard InChI is InChI=1S/C37H37BrN4O2/c1-3-26-11-7-14-32(20-26)42-34(19-25(2)41-42)37(43)40-31-13-8-12-29(21-31)36(39-23-27-15-16-27)30-17-18-35(33(38)22-30)44-24-28-9-5-4-6-10-28/h4-14,17-22,27,36,39H,3,15-16,23-24H2,1-2H3,(H,40,43). The van der Waals surface area contributed by atoms with Crippen LogP contribution in [0.25, 0.3) is 5.69 Å². The van der Waals surface area contributed by atoms with Gasteiger partial charge in [-0.3, -0.25) is 4.79 Å². The quantitative estimate of drug-likeness (QED) is 0.142. The van der Waals surface area contributed by atoms with E-state index >= 15 is 0 Å². The molecule has 1 amide bonds. The van der Waals surface area contributed by atoms with E-state index in [0.717, 1.165) is 56.9 Å². The Bertz CT molecular complexity index is 1750. The van der Waals surface area contributed by atoms with Crippen molar-refractivity contribution < 1.29 is 9.53 Å². The Labute approximate surface area is 267 Å². The number of hydrogen-bond acceptors (Lipinski definition) is 4.